The van der Waals surface area contributed by atoms with Crippen LogP contribution >= 0.6 is 23.2 Å². The number of methoxy groups -OCH3 is 1. The average molecular weight is 262 g/mol. The highest BCUT2D eigenvalue weighted by Gasteiger charge is 2.10. The second-order valence-electron chi connectivity index (χ2n) is 3.79. The van der Waals surface area contributed by atoms with Crippen molar-refractivity contribution in [2.75, 3.05) is 7.11 Å². The summed E-state index contributed by atoms with van der Waals surface area (Å²) in [5.74, 6) is 0.703. The molecule has 0 saturated carbocycles. The zero-order valence-corrected chi connectivity index (χ0v) is 11.1. The third-order valence-electron chi connectivity index (χ3n) is 2.60. The van der Waals surface area contributed by atoms with E-state index in [9.17, 15) is 0 Å². The SMILES string of the molecule is CCC(N)CCc1cc(Cl)cc(Cl)c1OC. The van der Waals surface area contributed by atoms with E-state index in [1.165, 1.54) is 0 Å². The molecule has 0 radical (unpaired) electrons. The van der Waals surface area contributed by atoms with Crippen molar-refractivity contribution in [3.05, 3.63) is 27.7 Å². The van der Waals surface area contributed by atoms with Crippen LogP contribution < -0.4 is 10.5 Å². The minimum absolute atomic E-state index is 0.211. The molecule has 16 heavy (non-hydrogen) atoms. The molecule has 2 nitrogen and oxygen atoms in total. The van der Waals surface area contributed by atoms with Crippen LogP contribution in [0.25, 0.3) is 0 Å². The summed E-state index contributed by atoms with van der Waals surface area (Å²) in [5, 5.41) is 1.18. The van der Waals surface area contributed by atoms with Crippen LogP contribution in [0.1, 0.15) is 25.3 Å². The number of halogens is 2. The Labute approximate surface area is 107 Å². The normalized spacial score (nSPS) is 12.6. The van der Waals surface area contributed by atoms with Crippen molar-refractivity contribution in [2.24, 2.45) is 5.73 Å². The molecule has 0 aromatic heterocycles. The minimum Gasteiger partial charge on any atom is -0.495 e. The summed E-state index contributed by atoms with van der Waals surface area (Å²) in [7, 11) is 1.61. The fourth-order valence-corrected chi connectivity index (χ4v) is 2.19. The van der Waals surface area contributed by atoms with E-state index in [1.807, 2.05) is 6.07 Å². The molecular weight excluding hydrogens is 245 g/mol. The van der Waals surface area contributed by atoms with Crippen molar-refractivity contribution >= 4 is 23.2 Å². The van der Waals surface area contributed by atoms with E-state index in [-0.39, 0.29) is 6.04 Å². The van der Waals surface area contributed by atoms with Gasteiger partial charge in [0.25, 0.3) is 0 Å². The van der Waals surface area contributed by atoms with Crippen molar-refractivity contribution in [1.82, 2.24) is 0 Å². The number of rotatable bonds is 5. The summed E-state index contributed by atoms with van der Waals surface area (Å²) in [6.07, 6.45) is 2.71. The van der Waals surface area contributed by atoms with Crippen LogP contribution in [-0.2, 0) is 6.42 Å². The molecule has 4 heteroatoms. The molecule has 0 fully saturated rings. The molecular formula is C12H17Cl2NO. The fourth-order valence-electron chi connectivity index (χ4n) is 1.57. The molecule has 1 atom stereocenters. The standard InChI is InChI=1S/C12H17Cl2NO/c1-3-10(15)5-4-8-6-9(13)7-11(14)12(8)16-2/h6-7,10H,3-5,15H2,1-2H3. The van der Waals surface area contributed by atoms with Crippen molar-refractivity contribution in [3.8, 4) is 5.75 Å². The van der Waals surface area contributed by atoms with Gasteiger partial charge in [0.05, 0.1) is 12.1 Å². The first-order valence-electron chi connectivity index (χ1n) is 5.36. The van der Waals surface area contributed by atoms with E-state index < -0.39 is 0 Å². The lowest BCUT2D eigenvalue weighted by atomic mass is 10.0. The van der Waals surface area contributed by atoms with E-state index in [1.54, 1.807) is 13.2 Å². The van der Waals surface area contributed by atoms with Gasteiger partial charge in [0.15, 0.2) is 0 Å². The molecule has 0 spiro atoms. The molecule has 0 saturated heterocycles. The first kappa shape index (κ1) is 13.6. The lowest BCUT2D eigenvalue weighted by Crippen LogP contribution is -2.19. The number of aryl methyl sites for hydroxylation is 1. The maximum absolute atomic E-state index is 6.04. The number of benzene rings is 1. The molecule has 1 unspecified atom stereocenters. The van der Waals surface area contributed by atoms with Gasteiger partial charge in [0, 0.05) is 11.1 Å². The van der Waals surface area contributed by atoms with Crippen LogP contribution in [0.4, 0.5) is 0 Å². The first-order chi connectivity index (χ1) is 7.58. The van der Waals surface area contributed by atoms with Crippen LogP contribution in [0.2, 0.25) is 10.0 Å². The monoisotopic (exact) mass is 261 g/mol. The van der Waals surface area contributed by atoms with Gasteiger partial charge >= 0.3 is 0 Å². The van der Waals surface area contributed by atoms with E-state index in [4.69, 9.17) is 33.7 Å². The van der Waals surface area contributed by atoms with Gasteiger partial charge in [-0.05, 0) is 37.0 Å². The van der Waals surface area contributed by atoms with Crippen molar-refractivity contribution in [2.45, 2.75) is 32.2 Å². The summed E-state index contributed by atoms with van der Waals surface area (Å²) in [4.78, 5) is 0. The van der Waals surface area contributed by atoms with Gasteiger partial charge in [-0.25, -0.2) is 0 Å². The summed E-state index contributed by atoms with van der Waals surface area (Å²) in [6.45, 7) is 2.08. The Bertz CT molecular complexity index is 355. The van der Waals surface area contributed by atoms with Crippen LogP contribution in [-0.4, -0.2) is 13.2 Å². The van der Waals surface area contributed by atoms with Crippen molar-refractivity contribution in [1.29, 1.82) is 0 Å². The van der Waals surface area contributed by atoms with Gasteiger partial charge in [-0.15, -0.1) is 0 Å². The molecule has 1 aromatic carbocycles. The van der Waals surface area contributed by atoms with Crippen molar-refractivity contribution in [3.63, 3.8) is 0 Å². The van der Waals surface area contributed by atoms with Crippen LogP contribution in [0.15, 0.2) is 12.1 Å². The molecule has 1 rings (SSSR count). The summed E-state index contributed by atoms with van der Waals surface area (Å²) < 4.78 is 5.27. The Morgan fingerprint density at radius 3 is 2.62 bits per heavy atom. The zero-order valence-electron chi connectivity index (χ0n) is 9.59. The summed E-state index contributed by atoms with van der Waals surface area (Å²) in [6, 6.07) is 3.78. The molecule has 0 amide bonds. The predicted octanol–water partition coefficient (Wildman–Crippen LogP) is 3.67. The molecule has 0 aliphatic rings. The average Bonchev–Trinajstić information content (AvgIpc) is 2.25. The van der Waals surface area contributed by atoms with E-state index >= 15 is 0 Å². The smallest absolute Gasteiger partial charge is 0.140 e. The second kappa shape index (κ2) is 6.33. The Hall–Kier alpha value is -0.440. The first-order valence-corrected chi connectivity index (χ1v) is 6.11. The Balaban J connectivity index is 2.85. The van der Waals surface area contributed by atoms with Crippen LogP contribution in [0, 0.1) is 0 Å². The Morgan fingerprint density at radius 2 is 2.06 bits per heavy atom. The maximum atomic E-state index is 6.04. The van der Waals surface area contributed by atoms with Gasteiger partial charge in [0.1, 0.15) is 5.75 Å². The summed E-state index contributed by atoms with van der Waals surface area (Å²) >= 11 is 12.0. The summed E-state index contributed by atoms with van der Waals surface area (Å²) in [5.41, 5.74) is 6.90. The lowest BCUT2D eigenvalue weighted by molar-refractivity contribution is 0.408. The van der Waals surface area contributed by atoms with Gasteiger partial charge < -0.3 is 10.5 Å². The maximum Gasteiger partial charge on any atom is 0.140 e. The third kappa shape index (κ3) is 3.55. The van der Waals surface area contributed by atoms with Gasteiger partial charge in [0.2, 0.25) is 0 Å². The van der Waals surface area contributed by atoms with Crippen LogP contribution in [0.3, 0.4) is 0 Å². The number of hydrogen-bond acceptors (Lipinski definition) is 2. The van der Waals surface area contributed by atoms with Crippen LogP contribution in [0.5, 0.6) is 5.75 Å². The third-order valence-corrected chi connectivity index (χ3v) is 3.10. The minimum atomic E-state index is 0.211. The van der Waals surface area contributed by atoms with E-state index in [0.717, 1.165) is 24.8 Å². The highest BCUT2D eigenvalue weighted by Crippen LogP contribution is 2.33. The molecule has 90 valence electrons. The number of hydrogen-bond donors (Lipinski definition) is 1. The van der Waals surface area contributed by atoms with Gasteiger partial charge in [-0.2, -0.15) is 0 Å². The fraction of sp³-hybridized carbons (Fsp3) is 0.500. The quantitative estimate of drug-likeness (QED) is 0.878. The Morgan fingerprint density at radius 1 is 1.38 bits per heavy atom. The van der Waals surface area contributed by atoms with Crippen molar-refractivity contribution < 1.29 is 4.74 Å². The lowest BCUT2D eigenvalue weighted by Gasteiger charge is -2.13. The molecule has 2 N–H and O–H groups in total. The zero-order chi connectivity index (χ0) is 12.1. The van der Waals surface area contributed by atoms with Gasteiger partial charge in [-0.3, -0.25) is 0 Å². The molecule has 0 bridgehead atoms. The number of ether oxygens (including phenoxy) is 1. The van der Waals surface area contributed by atoms with E-state index in [2.05, 4.69) is 6.92 Å². The highest BCUT2D eigenvalue weighted by molar-refractivity contribution is 6.35. The largest absolute Gasteiger partial charge is 0.495 e. The second-order valence-corrected chi connectivity index (χ2v) is 4.63. The molecule has 0 heterocycles. The number of nitrogens with two attached hydrogens (primary N) is 1. The molecule has 0 aliphatic heterocycles. The topological polar surface area (TPSA) is 35.2 Å². The molecule has 0 aliphatic carbocycles. The van der Waals surface area contributed by atoms with Gasteiger partial charge in [-0.1, -0.05) is 30.1 Å². The molecule has 1 aromatic rings. The highest BCUT2D eigenvalue weighted by atomic mass is 35.5. The van der Waals surface area contributed by atoms with E-state index in [0.29, 0.717) is 15.8 Å². The predicted molar refractivity (Wildman–Crippen MR) is 69.6 cm³/mol. The Kier molecular flexibility index (Phi) is 5.39.